The zero-order chi connectivity index (χ0) is 27.8. The number of aryl methyl sites for hydroxylation is 2. The maximum atomic E-state index is 12.9. The Balaban J connectivity index is 1.25. The summed E-state index contributed by atoms with van der Waals surface area (Å²) in [6, 6.07) is 15.4. The molecule has 10 nitrogen and oxygen atoms in total. The number of aromatic nitrogens is 5. The minimum Gasteiger partial charge on any atom is -0.378 e. The molecule has 1 aliphatic rings. The Labute approximate surface area is 231 Å². The summed E-state index contributed by atoms with van der Waals surface area (Å²) in [5.74, 6) is 0.574. The van der Waals surface area contributed by atoms with Crippen LogP contribution in [0.2, 0.25) is 0 Å². The number of fused-ring (bicyclic) bond motifs is 1. The predicted octanol–water partition coefficient (Wildman–Crippen LogP) is 3.36. The second-order valence-electron chi connectivity index (χ2n) is 10.00. The Bertz CT molecular complexity index is 1740. The van der Waals surface area contributed by atoms with Gasteiger partial charge in [-0.25, -0.2) is 9.50 Å². The first-order valence-electron chi connectivity index (χ1n) is 13.1. The summed E-state index contributed by atoms with van der Waals surface area (Å²) in [5.41, 5.74) is 6.44. The van der Waals surface area contributed by atoms with Crippen LogP contribution in [-0.2, 0) is 11.8 Å². The molecule has 4 aromatic heterocycles. The molecule has 1 saturated heterocycles. The van der Waals surface area contributed by atoms with Crippen LogP contribution >= 0.6 is 0 Å². The number of nitriles is 1. The van der Waals surface area contributed by atoms with Gasteiger partial charge in [-0.2, -0.15) is 15.5 Å². The lowest BCUT2D eigenvalue weighted by atomic mass is 10.00. The fourth-order valence-corrected chi connectivity index (χ4v) is 5.29. The first-order chi connectivity index (χ1) is 19.4. The molecule has 40 heavy (non-hydrogen) atoms. The van der Waals surface area contributed by atoms with Gasteiger partial charge in [0.1, 0.15) is 11.9 Å². The van der Waals surface area contributed by atoms with E-state index in [9.17, 15) is 15.2 Å². The highest BCUT2D eigenvalue weighted by Gasteiger charge is 2.28. The summed E-state index contributed by atoms with van der Waals surface area (Å²) < 4.78 is 3.48. The lowest BCUT2D eigenvalue weighted by Gasteiger charge is -2.37. The van der Waals surface area contributed by atoms with Gasteiger partial charge in [0.25, 0.3) is 5.91 Å². The maximum Gasteiger partial charge on any atom is 0.256 e. The number of aliphatic hydroxyl groups is 1. The van der Waals surface area contributed by atoms with Crippen LogP contribution in [0.5, 0.6) is 0 Å². The van der Waals surface area contributed by atoms with E-state index < -0.39 is 6.10 Å². The SMILES string of the molecule is Cc1cc(-c2cc(-c3cnn(C)c3)cn3ncc(C#N)c23)cnc1N1CCN(C(=O)[C@H](O)c2ccccc2)CC1. The number of nitrogens with zero attached hydrogens (tertiary/aromatic N) is 8. The lowest BCUT2D eigenvalue weighted by Crippen LogP contribution is -2.50. The largest absolute Gasteiger partial charge is 0.378 e. The lowest BCUT2D eigenvalue weighted by molar-refractivity contribution is -0.140. The van der Waals surface area contributed by atoms with Crippen LogP contribution in [0.3, 0.4) is 0 Å². The van der Waals surface area contributed by atoms with E-state index in [4.69, 9.17) is 4.98 Å². The zero-order valence-electron chi connectivity index (χ0n) is 22.3. The fraction of sp³-hybridized carbons (Fsp3) is 0.233. The van der Waals surface area contributed by atoms with E-state index in [0.29, 0.717) is 37.3 Å². The summed E-state index contributed by atoms with van der Waals surface area (Å²) in [5, 5.41) is 29.0. The van der Waals surface area contributed by atoms with E-state index in [-0.39, 0.29) is 5.91 Å². The van der Waals surface area contributed by atoms with Gasteiger partial charge in [-0.3, -0.25) is 9.48 Å². The molecular weight excluding hydrogens is 504 g/mol. The molecule has 1 aliphatic heterocycles. The maximum absolute atomic E-state index is 12.9. The van der Waals surface area contributed by atoms with Gasteiger partial charge in [0.2, 0.25) is 0 Å². The van der Waals surface area contributed by atoms with Crippen molar-refractivity contribution in [3.8, 4) is 28.3 Å². The molecule has 0 spiro atoms. The summed E-state index contributed by atoms with van der Waals surface area (Å²) >= 11 is 0. The van der Waals surface area contributed by atoms with Gasteiger partial charge in [-0.05, 0) is 30.2 Å². The van der Waals surface area contributed by atoms with E-state index in [1.807, 2.05) is 56.8 Å². The number of amides is 1. The van der Waals surface area contributed by atoms with Crippen molar-refractivity contribution in [1.82, 2.24) is 29.3 Å². The highest BCUT2D eigenvalue weighted by Crippen LogP contribution is 2.33. The number of hydrogen-bond donors (Lipinski definition) is 1. The van der Waals surface area contributed by atoms with E-state index in [1.54, 1.807) is 38.6 Å². The molecule has 5 aromatic rings. The summed E-state index contributed by atoms with van der Waals surface area (Å²) in [6.45, 7) is 4.25. The number of rotatable bonds is 5. The highest BCUT2D eigenvalue weighted by molar-refractivity contribution is 5.88. The smallest absolute Gasteiger partial charge is 0.256 e. The average molecular weight is 533 g/mol. The zero-order valence-corrected chi connectivity index (χ0v) is 22.3. The number of benzene rings is 1. The Morgan fingerprint density at radius 1 is 0.975 bits per heavy atom. The Morgan fingerprint density at radius 2 is 1.75 bits per heavy atom. The summed E-state index contributed by atoms with van der Waals surface area (Å²) in [7, 11) is 1.87. The van der Waals surface area contributed by atoms with Crippen molar-refractivity contribution in [2.45, 2.75) is 13.0 Å². The third-order valence-corrected chi connectivity index (χ3v) is 7.37. The fourth-order valence-electron chi connectivity index (χ4n) is 5.29. The van der Waals surface area contributed by atoms with Crippen LogP contribution in [0.1, 0.15) is 22.8 Å². The second-order valence-corrected chi connectivity index (χ2v) is 10.00. The monoisotopic (exact) mass is 532 g/mol. The predicted molar refractivity (Wildman–Crippen MR) is 150 cm³/mol. The van der Waals surface area contributed by atoms with Crippen molar-refractivity contribution in [3.63, 3.8) is 0 Å². The molecule has 1 atom stereocenters. The Kier molecular flexibility index (Phi) is 6.50. The number of carbonyl (C=O) groups is 1. The van der Waals surface area contributed by atoms with Crippen LogP contribution < -0.4 is 4.90 Å². The van der Waals surface area contributed by atoms with Gasteiger partial charge >= 0.3 is 0 Å². The Morgan fingerprint density at radius 3 is 2.42 bits per heavy atom. The molecule has 1 fully saturated rings. The minimum atomic E-state index is -1.16. The molecule has 0 saturated carbocycles. The van der Waals surface area contributed by atoms with Gasteiger partial charge in [0, 0.05) is 74.1 Å². The average Bonchev–Trinajstić information content (AvgIpc) is 3.62. The number of pyridine rings is 2. The van der Waals surface area contributed by atoms with E-state index in [1.165, 1.54) is 0 Å². The number of anilines is 1. The standard InChI is InChI=1S/C30H28N8O2/c1-20-12-22(26-13-23(25-17-33-35(2)18-25)19-38-27(26)24(14-31)16-34-38)15-32-29(20)36-8-10-37(11-9-36)30(40)28(39)21-6-4-3-5-7-21/h3-7,12-13,15-19,28,39H,8-11H2,1-2H3/t28-/m1/s1. The minimum absolute atomic E-state index is 0.280. The molecule has 200 valence electrons. The van der Waals surface area contributed by atoms with Crippen LogP contribution in [0.25, 0.3) is 27.8 Å². The van der Waals surface area contributed by atoms with Crippen molar-refractivity contribution < 1.29 is 9.90 Å². The van der Waals surface area contributed by atoms with E-state index >= 15 is 0 Å². The van der Waals surface area contributed by atoms with Gasteiger partial charge < -0.3 is 14.9 Å². The number of aliphatic hydroxyl groups excluding tert-OH is 1. The van der Waals surface area contributed by atoms with E-state index in [0.717, 1.165) is 39.2 Å². The topological polar surface area (TPSA) is 116 Å². The molecule has 1 aromatic carbocycles. The third-order valence-electron chi connectivity index (χ3n) is 7.37. The van der Waals surface area contributed by atoms with Gasteiger partial charge in [-0.1, -0.05) is 30.3 Å². The van der Waals surface area contributed by atoms with Crippen LogP contribution in [0.15, 0.2) is 73.4 Å². The molecule has 0 bridgehead atoms. The molecule has 0 unspecified atom stereocenters. The van der Waals surface area contributed by atoms with Crippen molar-refractivity contribution in [2.75, 3.05) is 31.1 Å². The molecule has 0 radical (unpaired) electrons. The first-order valence-corrected chi connectivity index (χ1v) is 13.1. The normalized spacial score (nSPS) is 14.3. The Hall–Kier alpha value is -5.01. The molecule has 5 heterocycles. The molecule has 1 N–H and O–H groups in total. The molecule has 0 aliphatic carbocycles. The van der Waals surface area contributed by atoms with E-state index in [2.05, 4.69) is 27.2 Å². The molecule has 1 amide bonds. The van der Waals surface area contributed by atoms with Crippen LogP contribution in [-0.4, -0.2) is 66.5 Å². The molecule has 6 rings (SSSR count). The number of piperazine rings is 1. The van der Waals surface area contributed by atoms with Crippen molar-refractivity contribution in [3.05, 3.63) is 90.1 Å². The van der Waals surface area contributed by atoms with Crippen LogP contribution in [0.4, 0.5) is 5.82 Å². The third kappa shape index (κ3) is 4.57. The number of hydrogen-bond acceptors (Lipinski definition) is 7. The van der Waals surface area contributed by atoms with Gasteiger partial charge in [0.15, 0.2) is 6.10 Å². The molecule has 10 heteroatoms. The summed E-state index contributed by atoms with van der Waals surface area (Å²) in [6.07, 6.45) is 7.89. The summed E-state index contributed by atoms with van der Waals surface area (Å²) in [4.78, 5) is 21.6. The first kappa shape index (κ1) is 25.3. The van der Waals surface area contributed by atoms with Crippen molar-refractivity contribution in [1.29, 1.82) is 5.26 Å². The number of carbonyl (C=O) groups excluding carboxylic acids is 1. The quantitative estimate of drug-likeness (QED) is 0.369. The van der Waals surface area contributed by atoms with Gasteiger partial charge in [-0.15, -0.1) is 0 Å². The highest BCUT2D eigenvalue weighted by atomic mass is 16.3. The van der Waals surface area contributed by atoms with Gasteiger partial charge in [0.05, 0.1) is 23.5 Å². The second kappa shape index (κ2) is 10.3. The van der Waals surface area contributed by atoms with Crippen LogP contribution in [0, 0.1) is 18.3 Å². The van der Waals surface area contributed by atoms with Crippen molar-refractivity contribution >= 4 is 17.2 Å². The van der Waals surface area contributed by atoms with Crippen molar-refractivity contribution in [2.24, 2.45) is 7.05 Å². The molecular formula is C30H28N8O2.